The van der Waals surface area contributed by atoms with Gasteiger partial charge in [-0.3, -0.25) is 0 Å². The Bertz CT molecular complexity index is 238. The van der Waals surface area contributed by atoms with Crippen LogP contribution in [0.2, 0.25) is 0 Å². The number of aromatic nitrogens is 1. The molecule has 0 amide bonds. The van der Waals surface area contributed by atoms with Crippen molar-refractivity contribution in [2.75, 3.05) is 7.11 Å². The highest BCUT2D eigenvalue weighted by Gasteiger charge is 2.17. The SMILES string of the molecule is CCCC(OC)C(N)Cc1nccs1. The summed E-state index contributed by atoms with van der Waals surface area (Å²) in [7, 11) is 1.72. The summed E-state index contributed by atoms with van der Waals surface area (Å²) in [6.45, 7) is 2.14. The Morgan fingerprint density at radius 1 is 1.64 bits per heavy atom. The van der Waals surface area contributed by atoms with Gasteiger partial charge in [-0.05, 0) is 6.42 Å². The molecule has 2 N–H and O–H groups in total. The molecule has 1 aromatic heterocycles. The average Bonchev–Trinajstić information content (AvgIpc) is 2.66. The molecule has 1 aromatic rings. The summed E-state index contributed by atoms with van der Waals surface area (Å²) in [5.41, 5.74) is 6.05. The van der Waals surface area contributed by atoms with Crippen LogP contribution in [0.15, 0.2) is 11.6 Å². The molecule has 2 atom stereocenters. The molecule has 0 aromatic carbocycles. The van der Waals surface area contributed by atoms with Crippen molar-refractivity contribution < 1.29 is 4.74 Å². The molecule has 0 saturated heterocycles. The van der Waals surface area contributed by atoms with Crippen LogP contribution in [0.5, 0.6) is 0 Å². The monoisotopic (exact) mass is 214 g/mol. The summed E-state index contributed by atoms with van der Waals surface area (Å²) in [5, 5.41) is 3.07. The molecule has 14 heavy (non-hydrogen) atoms. The van der Waals surface area contributed by atoms with Crippen molar-refractivity contribution in [3.63, 3.8) is 0 Å². The highest BCUT2D eigenvalue weighted by Crippen LogP contribution is 2.12. The van der Waals surface area contributed by atoms with Gasteiger partial charge in [0.05, 0.1) is 11.1 Å². The molecule has 1 heterocycles. The maximum absolute atomic E-state index is 6.05. The Labute approximate surface area is 89.3 Å². The fraction of sp³-hybridized carbons (Fsp3) is 0.700. The van der Waals surface area contributed by atoms with E-state index < -0.39 is 0 Å². The first-order valence-corrected chi connectivity index (χ1v) is 5.82. The van der Waals surface area contributed by atoms with Crippen molar-refractivity contribution in [3.05, 3.63) is 16.6 Å². The fourth-order valence-electron chi connectivity index (χ4n) is 1.48. The van der Waals surface area contributed by atoms with Gasteiger partial charge in [0.1, 0.15) is 0 Å². The Morgan fingerprint density at radius 2 is 2.43 bits per heavy atom. The molecule has 0 spiro atoms. The van der Waals surface area contributed by atoms with E-state index in [0.29, 0.717) is 0 Å². The second-order valence-electron chi connectivity index (χ2n) is 3.36. The van der Waals surface area contributed by atoms with Crippen LogP contribution < -0.4 is 5.73 Å². The van der Waals surface area contributed by atoms with Gasteiger partial charge in [0.15, 0.2) is 0 Å². The molecule has 0 aliphatic heterocycles. The lowest BCUT2D eigenvalue weighted by molar-refractivity contribution is 0.0726. The zero-order chi connectivity index (χ0) is 10.4. The highest BCUT2D eigenvalue weighted by molar-refractivity contribution is 7.09. The third kappa shape index (κ3) is 3.36. The Kier molecular flexibility index (Phi) is 5.07. The van der Waals surface area contributed by atoms with E-state index in [4.69, 9.17) is 10.5 Å². The predicted octanol–water partition coefficient (Wildman–Crippen LogP) is 1.83. The maximum atomic E-state index is 6.05. The molecular weight excluding hydrogens is 196 g/mol. The summed E-state index contributed by atoms with van der Waals surface area (Å²) in [6, 6.07) is 0.0612. The molecule has 0 radical (unpaired) electrons. The number of ether oxygens (including phenoxy) is 1. The van der Waals surface area contributed by atoms with Crippen LogP contribution in [-0.2, 0) is 11.2 Å². The molecule has 0 bridgehead atoms. The van der Waals surface area contributed by atoms with E-state index in [-0.39, 0.29) is 12.1 Å². The number of nitrogens with zero attached hydrogens (tertiary/aromatic N) is 1. The lowest BCUT2D eigenvalue weighted by Gasteiger charge is -2.21. The summed E-state index contributed by atoms with van der Waals surface area (Å²) in [6.07, 6.45) is 4.90. The summed E-state index contributed by atoms with van der Waals surface area (Å²) >= 11 is 1.65. The molecule has 0 aliphatic carbocycles. The van der Waals surface area contributed by atoms with Crippen LogP contribution in [0.25, 0.3) is 0 Å². The second kappa shape index (κ2) is 6.11. The van der Waals surface area contributed by atoms with Crippen LogP contribution in [0.1, 0.15) is 24.8 Å². The number of hydrogen-bond donors (Lipinski definition) is 1. The molecule has 3 nitrogen and oxygen atoms in total. The molecule has 0 saturated carbocycles. The van der Waals surface area contributed by atoms with Gasteiger partial charge in [0.2, 0.25) is 0 Å². The van der Waals surface area contributed by atoms with Gasteiger partial charge in [-0.2, -0.15) is 0 Å². The van der Waals surface area contributed by atoms with Crippen LogP contribution in [0.3, 0.4) is 0 Å². The van der Waals surface area contributed by atoms with Gasteiger partial charge in [0.25, 0.3) is 0 Å². The van der Waals surface area contributed by atoms with Gasteiger partial charge in [0, 0.05) is 31.1 Å². The zero-order valence-electron chi connectivity index (χ0n) is 8.77. The molecular formula is C10H18N2OS. The van der Waals surface area contributed by atoms with Gasteiger partial charge < -0.3 is 10.5 Å². The molecule has 1 rings (SSSR count). The number of nitrogens with two attached hydrogens (primary N) is 1. The minimum absolute atomic E-state index is 0.0612. The number of methoxy groups -OCH3 is 1. The summed E-state index contributed by atoms with van der Waals surface area (Å²) in [5.74, 6) is 0. The van der Waals surface area contributed by atoms with E-state index in [1.165, 1.54) is 0 Å². The average molecular weight is 214 g/mol. The van der Waals surface area contributed by atoms with E-state index in [0.717, 1.165) is 24.3 Å². The van der Waals surface area contributed by atoms with E-state index in [9.17, 15) is 0 Å². The minimum atomic E-state index is 0.0612. The first-order valence-electron chi connectivity index (χ1n) is 4.94. The molecule has 80 valence electrons. The number of hydrogen-bond acceptors (Lipinski definition) is 4. The fourth-order valence-corrected chi connectivity index (χ4v) is 2.17. The molecule has 0 aliphatic rings. The van der Waals surface area contributed by atoms with Crippen molar-refractivity contribution in [1.82, 2.24) is 4.98 Å². The topological polar surface area (TPSA) is 48.1 Å². The Morgan fingerprint density at radius 3 is 2.93 bits per heavy atom. The van der Waals surface area contributed by atoms with Crippen molar-refractivity contribution in [2.45, 2.75) is 38.3 Å². The van der Waals surface area contributed by atoms with Gasteiger partial charge in [-0.1, -0.05) is 13.3 Å². The Hall–Kier alpha value is -0.450. The first-order chi connectivity index (χ1) is 6.77. The second-order valence-corrected chi connectivity index (χ2v) is 4.34. The largest absolute Gasteiger partial charge is 0.380 e. The smallest absolute Gasteiger partial charge is 0.0941 e. The van der Waals surface area contributed by atoms with Gasteiger partial charge in [-0.25, -0.2) is 4.98 Å². The van der Waals surface area contributed by atoms with Crippen molar-refractivity contribution in [3.8, 4) is 0 Å². The minimum Gasteiger partial charge on any atom is -0.380 e. The summed E-state index contributed by atoms with van der Waals surface area (Å²) in [4.78, 5) is 4.22. The van der Waals surface area contributed by atoms with Crippen LogP contribution in [-0.4, -0.2) is 24.2 Å². The third-order valence-corrected chi connectivity index (χ3v) is 3.05. The van der Waals surface area contributed by atoms with Crippen LogP contribution >= 0.6 is 11.3 Å². The van der Waals surface area contributed by atoms with Crippen molar-refractivity contribution >= 4 is 11.3 Å². The van der Waals surface area contributed by atoms with Crippen LogP contribution in [0.4, 0.5) is 0 Å². The lowest BCUT2D eigenvalue weighted by atomic mass is 10.0. The van der Waals surface area contributed by atoms with E-state index in [1.54, 1.807) is 18.4 Å². The van der Waals surface area contributed by atoms with Crippen molar-refractivity contribution in [1.29, 1.82) is 0 Å². The molecule has 2 unspecified atom stereocenters. The van der Waals surface area contributed by atoms with Gasteiger partial charge in [-0.15, -0.1) is 11.3 Å². The summed E-state index contributed by atoms with van der Waals surface area (Å²) < 4.78 is 5.35. The van der Waals surface area contributed by atoms with E-state index in [1.807, 2.05) is 11.6 Å². The van der Waals surface area contributed by atoms with E-state index in [2.05, 4.69) is 11.9 Å². The van der Waals surface area contributed by atoms with E-state index >= 15 is 0 Å². The first kappa shape index (κ1) is 11.6. The molecule has 4 heteroatoms. The predicted molar refractivity (Wildman–Crippen MR) is 59.5 cm³/mol. The standard InChI is InChI=1S/C10H18N2OS/c1-3-4-9(13-2)8(11)7-10-12-5-6-14-10/h5-6,8-9H,3-4,7,11H2,1-2H3. The number of rotatable bonds is 6. The normalized spacial score (nSPS) is 15.4. The van der Waals surface area contributed by atoms with Crippen LogP contribution in [0, 0.1) is 0 Å². The van der Waals surface area contributed by atoms with Crippen molar-refractivity contribution in [2.24, 2.45) is 5.73 Å². The number of thiazole rings is 1. The Balaban J connectivity index is 2.43. The quantitative estimate of drug-likeness (QED) is 0.786. The highest BCUT2D eigenvalue weighted by atomic mass is 32.1. The maximum Gasteiger partial charge on any atom is 0.0941 e. The zero-order valence-corrected chi connectivity index (χ0v) is 9.59. The van der Waals surface area contributed by atoms with Gasteiger partial charge >= 0.3 is 0 Å². The lowest BCUT2D eigenvalue weighted by Crippen LogP contribution is -2.37. The molecule has 0 fully saturated rings. The third-order valence-electron chi connectivity index (χ3n) is 2.25.